The molecule has 0 aliphatic carbocycles. The highest BCUT2D eigenvalue weighted by Gasteiger charge is 2.17. The molecule has 2 unspecified atom stereocenters. The van der Waals surface area contributed by atoms with Crippen LogP contribution in [0.3, 0.4) is 0 Å². The second kappa shape index (κ2) is 6.66. The summed E-state index contributed by atoms with van der Waals surface area (Å²) in [5.74, 6) is 1.52. The molecule has 1 aliphatic rings. The van der Waals surface area contributed by atoms with Crippen LogP contribution < -0.4 is 20.1 Å². The minimum Gasteiger partial charge on any atom is -0.493 e. The molecule has 4 nitrogen and oxygen atoms in total. The fourth-order valence-corrected chi connectivity index (χ4v) is 2.65. The van der Waals surface area contributed by atoms with Gasteiger partial charge in [0.2, 0.25) is 0 Å². The fourth-order valence-electron chi connectivity index (χ4n) is 2.65. The van der Waals surface area contributed by atoms with Crippen molar-refractivity contribution in [1.82, 2.24) is 5.32 Å². The molecule has 1 aromatic rings. The van der Waals surface area contributed by atoms with E-state index in [1.165, 1.54) is 12.8 Å². The second-order valence-electron chi connectivity index (χ2n) is 5.14. The van der Waals surface area contributed by atoms with Gasteiger partial charge in [0.05, 0.1) is 14.2 Å². The highest BCUT2D eigenvalue weighted by atomic mass is 16.5. The zero-order valence-corrected chi connectivity index (χ0v) is 12.0. The minimum atomic E-state index is 0.439. The van der Waals surface area contributed by atoms with Crippen LogP contribution in [0.5, 0.6) is 11.5 Å². The maximum absolute atomic E-state index is 5.31. The summed E-state index contributed by atoms with van der Waals surface area (Å²) in [6, 6.07) is 7.04. The van der Waals surface area contributed by atoms with Crippen molar-refractivity contribution < 1.29 is 9.47 Å². The average Bonchev–Trinajstić information content (AvgIpc) is 2.91. The number of methoxy groups -OCH3 is 2. The number of hydrogen-bond donors (Lipinski definition) is 2. The Hall–Kier alpha value is -1.42. The van der Waals surface area contributed by atoms with Crippen LogP contribution in [0.25, 0.3) is 0 Å². The van der Waals surface area contributed by atoms with Gasteiger partial charge in [0.1, 0.15) is 0 Å². The van der Waals surface area contributed by atoms with Crippen LogP contribution in [0.2, 0.25) is 0 Å². The molecule has 1 aromatic carbocycles. The standard InChI is InChI=1S/C15H24N2O2/c1-11(9-12-5-4-8-16-12)17-13-6-7-14(18-2)15(10-13)19-3/h6-7,10-12,16-17H,4-5,8-9H2,1-3H3. The first kappa shape index (κ1) is 14.0. The topological polar surface area (TPSA) is 42.5 Å². The van der Waals surface area contributed by atoms with Gasteiger partial charge < -0.3 is 20.1 Å². The molecule has 0 aromatic heterocycles. The monoisotopic (exact) mass is 264 g/mol. The van der Waals surface area contributed by atoms with Gasteiger partial charge in [0.25, 0.3) is 0 Å². The average molecular weight is 264 g/mol. The normalized spacial score (nSPS) is 20.1. The maximum atomic E-state index is 5.31. The molecule has 1 heterocycles. The highest BCUT2D eigenvalue weighted by Crippen LogP contribution is 2.30. The Morgan fingerprint density at radius 3 is 2.74 bits per heavy atom. The molecular weight excluding hydrogens is 240 g/mol. The van der Waals surface area contributed by atoms with E-state index in [2.05, 4.69) is 17.6 Å². The van der Waals surface area contributed by atoms with Crippen LogP contribution in [0.4, 0.5) is 5.69 Å². The highest BCUT2D eigenvalue weighted by molar-refractivity contribution is 5.55. The molecule has 0 bridgehead atoms. The van der Waals surface area contributed by atoms with Crippen molar-refractivity contribution in [2.24, 2.45) is 0 Å². The third-order valence-electron chi connectivity index (χ3n) is 3.60. The number of ether oxygens (including phenoxy) is 2. The van der Waals surface area contributed by atoms with Gasteiger partial charge in [-0.1, -0.05) is 0 Å². The van der Waals surface area contributed by atoms with Crippen molar-refractivity contribution in [3.63, 3.8) is 0 Å². The summed E-state index contributed by atoms with van der Waals surface area (Å²) < 4.78 is 10.6. The summed E-state index contributed by atoms with van der Waals surface area (Å²) in [7, 11) is 3.31. The Bertz CT molecular complexity index is 403. The molecule has 2 atom stereocenters. The van der Waals surface area contributed by atoms with Gasteiger partial charge in [-0.05, 0) is 44.9 Å². The Morgan fingerprint density at radius 1 is 1.32 bits per heavy atom. The lowest BCUT2D eigenvalue weighted by Crippen LogP contribution is -2.29. The molecule has 4 heteroatoms. The smallest absolute Gasteiger partial charge is 0.162 e. The van der Waals surface area contributed by atoms with E-state index in [0.29, 0.717) is 12.1 Å². The maximum Gasteiger partial charge on any atom is 0.162 e. The van der Waals surface area contributed by atoms with E-state index >= 15 is 0 Å². The molecule has 19 heavy (non-hydrogen) atoms. The number of anilines is 1. The van der Waals surface area contributed by atoms with E-state index in [0.717, 1.165) is 30.2 Å². The molecule has 0 radical (unpaired) electrons. The van der Waals surface area contributed by atoms with Gasteiger partial charge in [-0.25, -0.2) is 0 Å². The van der Waals surface area contributed by atoms with Gasteiger partial charge in [-0.3, -0.25) is 0 Å². The van der Waals surface area contributed by atoms with E-state index in [4.69, 9.17) is 9.47 Å². The second-order valence-corrected chi connectivity index (χ2v) is 5.14. The summed E-state index contributed by atoms with van der Waals surface area (Å²) in [6.45, 7) is 3.38. The molecule has 2 N–H and O–H groups in total. The molecular formula is C15H24N2O2. The molecule has 1 saturated heterocycles. The Morgan fingerprint density at radius 2 is 2.11 bits per heavy atom. The van der Waals surface area contributed by atoms with Gasteiger partial charge in [-0.15, -0.1) is 0 Å². The fraction of sp³-hybridized carbons (Fsp3) is 0.600. The van der Waals surface area contributed by atoms with Crippen molar-refractivity contribution in [2.45, 2.75) is 38.3 Å². The van der Waals surface area contributed by atoms with Crippen LogP contribution >= 0.6 is 0 Å². The van der Waals surface area contributed by atoms with E-state index < -0.39 is 0 Å². The lowest BCUT2D eigenvalue weighted by Gasteiger charge is -2.20. The summed E-state index contributed by atoms with van der Waals surface area (Å²) in [6.07, 6.45) is 3.74. The molecule has 0 amide bonds. The molecule has 2 rings (SSSR count). The van der Waals surface area contributed by atoms with Gasteiger partial charge in [-0.2, -0.15) is 0 Å². The van der Waals surface area contributed by atoms with Crippen molar-refractivity contribution >= 4 is 5.69 Å². The quantitative estimate of drug-likeness (QED) is 0.829. The molecule has 0 saturated carbocycles. The van der Waals surface area contributed by atoms with E-state index in [9.17, 15) is 0 Å². The Kier molecular flexibility index (Phi) is 4.91. The lowest BCUT2D eigenvalue weighted by atomic mass is 10.1. The minimum absolute atomic E-state index is 0.439. The molecule has 1 fully saturated rings. The first-order valence-electron chi connectivity index (χ1n) is 6.95. The Balaban J connectivity index is 1.94. The zero-order valence-electron chi connectivity index (χ0n) is 12.0. The van der Waals surface area contributed by atoms with Crippen LogP contribution in [0.1, 0.15) is 26.2 Å². The van der Waals surface area contributed by atoms with Gasteiger partial charge >= 0.3 is 0 Å². The van der Waals surface area contributed by atoms with Crippen LogP contribution in [0, 0.1) is 0 Å². The third kappa shape index (κ3) is 3.77. The van der Waals surface area contributed by atoms with Gasteiger partial charge in [0.15, 0.2) is 11.5 Å². The molecule has 106 valence electrons. The van der Waals surface area contributed by atoms with E-state index in [1.807, 2.05) is 18.2 Å². The summed E-state index contributed by atoms with van der Waals surface area (Å²) in [5, 5.41) is 7.05. The number of rotatable bonds is 6. The largest absolute Gasteiger partial charge is 0.493 e. The predicted molar refractivity (Wildman–Crippen MR) is 78.3 cm³/mol. The Labute approximate surface area is 115 Å². The van der Waals surface area contributed by atoms with E-state index in [1.54, 1.807) is 14.2 Å². The number of nitrogens with one attached hydrogen (secondary N) is 2. The molecule has 0 spiro atoms. The van der Waals surface area contributed by atoms with Gasteiger partial charge in [0, 0.05) is 23.8 Å². The van der Waals surface area contributed by atoms with Crippen molar-refractivity contribution in [3.8, 4) is 11.5 Å². The van der Waals surface area contributed by atoms with Crippen molar-refractivity contribution in [1.29, 1.82) is 0 Å². The summed E-state index contributed by atoms with van der Waals surface area (Å²) >= 11 is 0. The lowest BCUT2D eigenvalue weighted by molar-refractivity contribution is 0.355. The first-order valence-corrected chi connectivity index (χ1v) is 6.95. The summed E-state index contributed by atoms with van der Waals surface area (Å²) in [4.78, 5) is 0. The first-order chi connectivity index (χ1) is 9.22. The number of benzene rings is 1. The molecule has 1 aliphatic heterocycles. The van der Waals surface area contributed by atoms with E-state index in [-0.39, 0.29) is 0 Å². The summed E-state index contributed by atoms with van der Waals surface area (Å²) in [5.41, 5.74) is 1.07. The SMILES string of the molecule is COc1ccc(NC(C)CC2CCCN2)cc1OC. The van der Waals surface area contributed by atoms with Crippen LogP contribution in [-0.2, 0) is 0 Å². The zero-order chi connectivity index (χ0) is 13.7. The number of hydrogen-bond acceptors (Lipinski definition) is 4. The van der Waals surface area contributed by atoms with Crippen LogP contribution in [-0.4, -0.2) is 32.8 Å². The van der Waals surface area contributed by atoms with Crippen molar-refractivity contribution in [3.05, 3.63) is 18.2 Å². The third-order valence-corrected chi connectivity index (χ3v) is 3.60. The predicted octanol–water partition coefficient (Wildman–Crippen LogP) is 2.65. The van der Waals surface area contributed by atoms with Crippen molar-refractivity contribution in [2.75, 3.05) is 26.1 Å². The van der Waals surface area contributed by atoms with Crippen LogP contribution in [0.15, 0.2) is 18.2 Å².